The highest BCUT2D eigenvalue weighted by atomic mass is 32.1. The first kappa shape index (κ1) is 21.8. The standard InChI is InChI=1S/C22H30N4O4S/c27-18(23-16-7-3-1-4-8-16)15-26-17-10-14-31-20(17)21(29)25(22(26)30)13-9-19(28)24-11-5-2-6-12-24/h10,14,16H,1-9,11-13,15H2,(H,23,27). The van der Waals surface area contributed by atoms with E-state index < -0.39 is 5.69 Å². The Kier molecular flexibility index (Phi) is 6.89. The smallest absolute Gasteiger partial charge is 0.332 e. The summed E-state index contributed by atoms with van der Waals surface area (Å²) >= 11 is 1.26. The molecule has 1 saturated carbocycles. The Labute approximate surface area is 184 Å². The molecule has 0 unspecified atom stereocenters. The minimum atomic E-state index is -0.527. The Hall–Kier alpha value is -2.42. The number of piperidine rings is 1. The van der Waals surface area contributed by atoms with Crippen molar-refractivity contribution in [3.05, 3.63) is 32.3 Å². The third kappa shape index (κ3) is 4.92. The van der Waals surface area contributed by atoms with Gasteiger partial charge in [0.05, 0.1) is 5.52 Å². The fourth-order valence-electron chi connectivity index (χ4n) is 4.66. The second-order valence-corrected chi connectivity index (χ2v) is 9.47. The topological polar surface area (TPSA) is 93.4 Å². The van der Waals surface area contributed by atoms with Crippen molar-refractivity contribution in [3.8, 4) is 0 Å². The lowest BCUT2D eigenvalue weighted by atomic mass is 9.95. The Bertz CT molecular complexity index is 1060. The maximum Gasteiger partial charge on any atom is 0.332 e. The van der Waals surface area contributed by atoms with Crippen molar-refractivity contribution in [1.82, 2.24) is 19.4 Å². The summed E-state index contributed by atoms with van der Waals surface area (Å²) < 4.78 is 2.93. The molecule has 4 rings (SSSR count). The molecular weight excluding hydrogens is 416 g/mol. The number of carbonyl (C=O) groups excluding carboxylic acids is 2. The maximum absolute atomic E-state index is 13.1. The Morgan fingerprint density at radius 2 is 1.71 bits per heavy atom. The molecule has 0 spiro atoms. The number of amides is 2. The Morgan fingerprint density at radius 1 is 1.00 bits per heavy atom. The van der Waals surface area contributed by atoms with Crippen molar-refractivity contribution in [3.63, 3.8) is 0 Å². The Balaban J connectivity index is 1.53. The normalized spacial score (nSPS) is 17.7. The molecule has 0 aromatic carbocycles. The van der Waals surface area contributed by atoms with Gasteiger partial charge in [-0.2, -0.15) is 0 Å². The number of aromatic nitrogens is 2. The van der Waals surface area contributed by atoms with Crippen LogP contribution in [0, 0.1) is 0 Å². The molecule has 2 aliphatic rings. The molecule has 2 amide bonds. The van der Waals surface area contributed by atoms with Gasteiger partial charge in [0.1, 0.15) is 11.2 Å². The van der Waals surface area contributed by atoms with E-state index in [2.05, 4.69) is 5.32 Å². The lowest BCUT2D eigenvalue weighted by Crippen LogP contribution is -2.45. The SMILES string of the molecule is O=C(Cn1c(=O)n(CCC(=O)N2CCCCC2)c(=O)c2sccc21)NC1CCCCC1. The monoisotopic (exact) mass is 446 g/mol. The summed E-state index contributed by atoms with van der Waals surface area (Å²) in [6.45, 7) is 1.39. The summed E-state index contributed by atoms with van der Waals surface area (Å²) in [5, 5.41) is 4.79. The predicted molar refractivity (Wildman–Crippen MR) is 120 cm³/mol. The molecule has 2 aromatic rings. The fourth-order valence-corrected chi connectivity index (χ4v) is 5.50. The first-order valence-corrected chi connectivity index (χ1v) is 12.2. The van der Waals surface area contributed by atoms with Gasteiger partial charge in [0, 0.05) is 32.1 Å². The molecule has 2 aromatic heterocycles. The van der Waals surface area contributed by atoms with E-state index in [0.717, 1.165) is 62.6 Å². The van der Waals surface area contributed by atoms with Crippen LogP contribution in [0.1, 0.15) is 57.8 Å². The summed E-state index contributed by atoms with van der Waals surface area (Å²) in [4.78, 5) is 53.0. The van der Waals surface area contributed by atoms with E-state index in [-0.39, 0.29) is 42.9 Å². The van der Waals surface area contributed by atoms with E-state index >= 15 is 0 Å². The van der Waals surface area contributed by atoms with Crippen LogP contribution >= 0.6 is 11.3 Å². The molecule has 168 valence electrons. The number of rotatable bonds is 6. The second-order valence-electron chi connectivity index (χ2n) is 8.55. The molecule has 1 aliphatic carbocycles. The van der Waals surface area contributed by atoms with Gasteiger partial charge >= 0.3 is 5.69 Å². The van der Waals surface area contributed by atoms with Gasteiger partial charge in [-0.15, -0.1) is 11.3 Å². The third-order valence-corrected chi connectivity index (χ3v) is 7.26. The van der Waals surface area contributed by atoms with Crippen LogP contribution in [0.5, 0.6) is 0 Å². The molecule has 0 atom stereocenters. The number of carbonyl (C=O) groups is 2. The quantitative estimate of drug-likeness (QED) is 0.735. The van der Waals surface area contributed by atoms with Gasteiger partial charge in [-0.1, -0.05) is 19.3 Å². The first-order chi connectivity index (χ1) is 15.0. The summed E-state index contributed by atoms with van der Waals surface area (Å²) in [5.41, 5.74) is -0.427. The van der Waals surface area contributed by atoms with Gasteiger partial charge in [0.25, 0.3) is 5.56 Å². The zero-order valence-electron chi connectivity index (χ0n) is 17.8. The third-order valence-electron chi connectivity index (χ3n) is 6.37. The zero-order chi connectivity index (χ0) is 21.8. The van der Waals surface area contributed by atoms with Gasteiger partial charge in [-0.25, -0.2) is 4.79 Å². The largest absolute Gasteiger partial charge is 0.352 e. The Morgan fingerprint density at radius 3 is 2.45 bits per heavy atom. The van der Waals surface area contributed by atoms with E-state index in [1.54, 1.807) is 11.4 Å². The molecule has 1 N–H and O–H groups in total. The van der Waals surface area contributed by atoms with Crippen LogP contribution < -0.4 is 16.6 Å². The van der Waals surface area contributed by atoms with Crippen LogP contribution in [0.4, 0.5) is 0 Å². The fraction of sp³-hybridized carbons (Fsp3) is 0.636. The summed E-state index contributed by atoms with van der Waals surface area (Å²) in [6.07, 6.45) is 8.57. The van der Waals surface area contributed by atoms with Crippen LogP contribution in [0.3, 0.4) is 0 Å². The number of thiophene rings is 1. The molecule has 0 radical (unpaired) electrons. The van der Waals surface area contributed by atoms with Crippen molar-refractivity contribution in [2.45, 2.75) is 76.9 Å². The molecule has 1 aliphatic heterocycles. The van der Waals surface area contributed by atoms with Crippen LogP contribution in [0.2, 0.25) is 0 Å². The highest BCUT2D eigenvalue weighted by Gasteiger charge is 2.21. The lowest BCUT2D eigenvalue weighted by Gasteiger charge is -2.26. The molecule has 3 heterocycles. The number of fused-ring (bicyclic) bond motifs is 1. The summed E-state index contributed by atoms with van der Waals surface area (Å²) in [7, 11) is 0. The van der Waals surface area contributed by atoms with Gasteiger partial charge in [-0.3, -0.25) is 23.5 Å². The van der Waals surface area contributed by atoms with Crippen LogP contribution in [0.25, 0.3) is 10.2 Å². The van der Waals surface area contributed by atoms with Crippen molar-refractivity contribution in [2.24, 2.45) is 0 Å². The van der Waals surface area contributed by atoms with Crippen LogP contribution in [0.15, 0.2) is 21.0 Å². The highest BCUT2D eigenvalue weighted by molar-refractivity contribution is 7.17. The molecular formula is C22H30N4O4S. The number of likely N-dealkylation sites (tertiary alicyclic amines) is 1. The lowest BCUT2D eigenvalue weighted by molar-refractivity contribution is -0.132. The molecule has 31 heavy (non-hydrogen) atoms. The van der Waals surface area contributed by atoms with E-state index in [1.165, 1.54) is 22.3 Å². The average Bonchev–Trinajstić information content (AvgIpc) is 3.28. The minimum absolute atomic E-state index is 0.0288. The number of hydrogen-bond donors (Lipinski definition) is 1. The van der Waals surface area contributed by atoms with Crippen LogP contribution in [-0.4, -0.2) is 45.0 Å². The second kappa shape index (κ2) is 9.80. The molecule has 9 heteroatoms. The summed E-state index contributed by atoms with van der Waals surface area (Å²) in [5.74, 6) is -0.241. The average molecular weight is 447 g/mol. The molecule has 0 bridgehead atoms. The molecule has 1 saturated heterocycles. The van der Waals surface area contributed by atoms with Gasteiger partial charge in [0.2, 0.25) is 11.8 Å². The minimum Gasteiger partial charge on any atom is -0.352 e. The van der Waals surface area contributed by atoms with E-state index in [0.29, 0.717) is 10.2 Å². The van der Waals surface area contributed by atoms with E-state index in [1.807, 2.05) is 4.90 Å². The number of nitrogens with zero attached hydrogens (tertiary/aromatic N) is 3. The van der Waals surface area contributed by atoms with Crippen molar-refractivity contribution >= 4 is 33.4 Å². The van der Waals surface area contributed by atoms with Gasteiger partial charge in [0.15, 0.2) is 0 Å². The number of hydrogen-bond acceptors (Lipinski definition) is 5. The number of nitrogens with one attached hydrogen (secondary N) is 1. The maximum atomic E-state index is 13.1. The van der Waals surface area contributed by atoms with Crippen molar-refractivity contribution in [1.29, 1.82) is 0 Å². The van der Waals surface area contributed by atoms with Gasteiger partial charge in [-0.05, 0) is 43.6 Å². The van der Waals surface area contributed by atoms with E-state index in [4.69, 9.17) is 0 Å². The highest BCUT2D eigenvalue weighted by Crippen LogP contribution is 2.18. The molecule has 2 fully saturated rings. The van der Waals surface area contributed by atoms with Crippen molar-refractivity contribution in [2.75, 3.05) is 13.1 Å². The van der Waals surface area contributed by atoms with Crippen LogP contribution in [-0.2, 0) is 22.7 Å². The first-order valence-electron chi connectivity index (χ1n) is 11.3. The predicted octanol–water partition coefficient (Wildman–Crippen LogP) is 2.08. The van der Waals surface area contributed by atoms with Gasteiger partial charge < -0.3 is 10.2 Å². The molecule has 8 nitrogen and oxygen atoms in total. The zero-order valence-corrected chi connectivity index (χ0v) is 18.6. The van der Waals surface area contributed by atoms with E-state index in [9.17, 15) is 19.2 Å². The van der Waals surface area contributed by atoms with Crippen molar-refractivity contribution < 1.29 is 9.59 Å². The summed E-state index contributed by atoms with van der Waals surface area (Å²) in [6, 6.07) is 1.86.